The number of hydrogen-bond acceptors (Lipinski definition) is 1. The van der Waals surface area contributed by atoms with Crippen molar-refractivity contribution < 1.29 is 5.11 Å². The Balaban J connectivity index is 2.12. The lowest BCUT2D eigenvalue weighted by Gasteiger charge is -2.26. The van der Waals surface area contributed by atoms with E-state index in [0.717, 1.165) is 12.3 Å². The first-order valence-corrected chi connectivity index (χ1v) is 4.52. The molecule has 0 aromatic carbocycles. The van der Waals surface area contributed by atoms with Gasteiger partial charge in [-0.1, -0.05) is 12.2 Å². The Bertz CT molecular complexity index is 185. The Morgan fingerprint density at radius 3 is 2.45 bits per heavy atom. The number of allylic oxidation sites excluding steroid dienone is 1. The fourth-order valence-corrected chi connectivity index (χ4v) is 2.88. The first-order valence-electron chi connectivity index (χ1n) is 4.52. The molecule has 2 fully saturated rings. The van der Waals surface area contributed by atoms with Gasteiger partial charge in [-0.2, -0.15) is 0 Å². The number of aliphatic hydroxyl groups excluding tert-OH is 1. The van der Waals surface area contributed by atoms with Gasteiger partial charge in [0.15, 0.2) is 0 Å². The van der Waals surface area contributed by atoms with Gasteiger partial charge >= 0.3 is 0 Å². The van der Waals surface area contributed by atoms with E-state index in [1.807, 2.05) is 0 Å². The predicted molar refractivity (Wildman–Crippen MR) is 45.1 cm³/mol. The molecule has 0 amide bonds. The van der Waals surface area contributed by atoms with E-state index in [-0.39, 0.29) is 6.10 Å². The molecule has 11 heavy (non-hydrogen) atoms. The topological polar surface area (TPSA) is 20.2 Å². The summed E-state index contributed by atoms with van der Waals surface area (Å²) in [5.41, 5.74) is 1.27. The lowest BCUT2D eigenvalue weighted by Crippen LogP contribution is -2.24. The summed E-state index contributed by atoms with van der Waals surface area (Å²) in [7, 11) is 0. The Labute approximate surface area is 68.1 Å². The number of fused-ring (bicyclic) bond motifs is 2. The molecule has 0 aromatic rings. The lowest BCUT2D eigenvalue weighted by atomic mass is 9.83. The van der Waals surface area contributed by atoms with Crippen LogP contribution in [0.1, 0.15) is 26.2 Å². The fraction of sp³-hybridized carbons (Fsp3) is 0.800. The molecule has 0 spiro atoms. The highest BCUT2D eigenvalue weighted by molar-refractivity contribution is 5.08. The van der Waals surface area contributed by atoms with Crippen molar-refractivity contribution >= 4 is 0 Å². The largest absolute Gasteiger partial charge is 0.393 e. The van der Waals surface area contributed by atoms with Gasteiger partial charge in [0.05, 0.1) is 6.10 Å². The molecule has 2 saturated carbocycles. The van der Waals surface area contributed by atoms with Crippen LogP contribution in [0.4, 0.5) is 0 Å². The zero-order chi connectivity index (χ0) is 8.01. The average molecular weight is 152 g/mol. The monoisotopic (exact) mass is 152 g/mol. The van der Waals surface area contributed by atoms with Gasteiger partial charge in [-0.25, -0.2) is 0 Å². The van der Waals surface area contributed by atoms with E-state index in [0.29, 0.717) is 11.8 Å². The van der Waals surface area contributed by atoms with E-state index in [2.05, 4.69) is 13.5 Å². The molecule has 1 heteroatoms. The normalized spacial score (nSPS) is 48.2. The summed E-state index contributed by atoms with van der Waals surface area (Å²) < 4.78 is 0. The summed E-state index contributed by atoms with van der Waals surface area (Å²) in [5, 5.41) is 9.60. The molecule has 1 N–H and O–H groups in total. The highest BCUT2D eigenvalue weighted by Crippen LogP contribution is 2.50. The minimum atomic E-state index is -0.0181. The van der Waals surface area contributed by atoms with E-state index in [1.165, 1.54) is 18.4 Å². The van der Waals surface area contributed by atoms with E-state index in [4.69, 9.17) is 0 Å². The van der Waals surface area contributed by atoms with Gasteiger partial charge in [-0.05, 0) is 43.9 Å². The minimum absolute atomic E-state index is 0.0181. The molecule has 62 valence electrons. The van der Waals surface area contributed by atoms with Crippen molar-refractivity contribution in [1.29, 1.82) is 0 Å². The second-order valence-corrected chi connectivity index (χ2v) is 4.26. The molecule has 0 aromatic heterocycles. The lowest BCUT2D eigenvalue weighted by molar-refractivity contribution is 0.0912. The molecular weight excluding hydrogens is 136 g/mol. The van der Waals surface area contributed by atoms with Crippen molar-refractivity contribution in [1.82, 2.24) is 0 Å². The Hall–Kier alpha value is -0.300. The van der Waals surface area contributed by atoms with E-state index >= 15 is 0 Å². The maximum atomic E-state index is 9.60. The van der Waals surface area contributed by atoms with Crippen LogP contribution in [-0.4, -0.2) is 11.2 Å². The predicted octanol–water partition coefficient (Wildman–Crippen LogP) is 1.97. The summed E-state index contributed by atoms with van der Waals surface area (Å²) in [6.07, 6.45) is 3.57. The molecule has 2 aliphatic rings. The second-order valence-electron chi connectivity index (χ2n) is 4.26. The first kappa shape index (κ1) is 7.35. The summed E-state index contributed by atoms with van der Waals surface area (Å²) in [4.78, 5) is 0. The van der Waals surface area contributed by atoms with Crippen molar-refractivity contribution in [3.8, 4) is 0 Å². The average Bonchev–Trinajstić information content (AvgIpc) is 2.43. The Morgan fingerprint density at radius 1 is 1.36 bits per heavy atom. The van der Waals surface area contributed by atoms with Gasteiger partial charge in [-0.3, -0.25) is 0 Å². The van der Waals surface area contributed by atoms with Crippen LogP contribution in [0.25, 0.3) is 0 Å². The second kappa shape index (κ2) is 2.34. The summed E-state index contributed by atoms with van der Waals surface area (Å²) in [6, 6.07) is 0. The van der Waals surface area contributed by atoms with Crippen molar-refractivity contribution in [2.24, 2.45) is 17.8 Å². The smallest absolute Gasteiger partial charge is 0.0576 e. The van der Waals surface area contributed by atoms with Crippen molar-refractivity contribution in [3.63, 3.8) is 0 Å². The SMILES string of the molecule is C=C(C)[C@H]1C[C@H]2C[C@@H]1[C@H](O)C2. The molecule has 0 unspecified atom stereocenters. The maximum Gasteiger partial charge on any atom is 0.0576 e. The zero-order valence-corrected chi connectivity index (χ0v) is 7.09. The van der Waals surface area contributed by atoms with E-state index in [9.17, 15) is 5.11 Å². The van der Waals surface area contributed by atoms with Gasteiger partial charge in [0.1, 0.15) is 0 Å². The van der Waals surface area contributed by atoms with Crippen LogP contribution < -0.4 is 0 Å². The maximum absolute atomic E-state index is 9.60. The van der Waals surface area contributed by atoms with Crippen LogP contribution in [-0.2, 0) is 0 Å². The van der Waals surface area contributed by atoms with Crippen LogP contribution in [0.2, 0.25) is 0 Å². The quantitative estimate of drug-likeness (QED) is 0.569. The molecule has 2 bridgehead atoms. The molecule has 2 aliphatic carbocycles. The molecular formula is C10H16O. The molecule has 4 atom stereocenters. The fourth-order valence-electron chi connectivity index (χ4n) is 2.88. The molecule has 0 aliphatic heterocycles. The van der Waals surface area contributed by atoms with Gasteiger partial charge in [0.2, 0.25) is 0 Å². The standard InChI is InChI=1S/C10H16O/c1-6(2)8-3-7-4-9(8)10(11)5-7/h7-11H,1,3-5H2,2H3/t7-,8+,9-,10+/m0/s1. The third-order valence-electron chi connectivity index (χ3n) is 3.41. The zero-order valence-electron chi connectivity index (χ0n) is 7.09. The van der Waals surface area contributed by atoms with Crippen LogP contribution in [0.15, 0.2) is 12.2 Å². The molecule has 0 heterocycles. The van der Waals surface area contributed by atoms with Crippen molar-refractivity contribution in [2.45, 2.75) is 32.3 Å². The van der Waals surface area contributed by atoms with Gasteiger partial charge < -0.3 is 5.11 Å². The number of aliphatic hydroxyl groups is 1. The molecule has 2 rings (SSSR count). The van der Waals surface area contributed by atoms with Crippen molar-refractivity contribution in [3.05, 3.63) is 12.2 Å². The first-order chi connectivity index (χ1) is 5.18. The summed E-state index contributed by atoms with van der Waals surface area (Å²) in [5.74, 6) is 1.98. The minimum Gasteiger partial charge on any atom is -0.393 e. The third-order valence-corrected chi connectivity index (χ3v) is 3.41. The Kier molecular flexibility index (Phi) is 1.57. The number of rotatable bonds is 1. The van der Waals surface area contributed by atoms with Gasteiger partial charge in [0, 0.05) is 0 Å². The Morgan fingerprint density at radius 2 is 2.09 bits per heavy atom. The van der Waals surface area contributed by atoms with Crippen molar-refractivity contribution in [2.75, 3.05) is 0 Å². The van der Waals surface area contributed by atoms with Crippen LogP contribution in [0.3, 0.4) is 0 Å². The molecule has 0 saturated heterocycles. The van der Waals surface area contributed by atoms with Gasteiger partial charge in [-0.15, -0.1) is 0 Å². The summed E-state index contributed by atoms with van der Waals surface area (Å²) >= 11 is 0. The van der Waals surface area contributed by atoms with E-state index < -0.39 is 0 Å². The van der Waals surface area contributed by atoms with Gasteiger partial charge in [0.25, 0.3) is 0 Å². The van der Waals surface area contributed by atoms with Crippen LogP contribution in [0.5, 0.6) is 0 Å². The number of hydrogen-bond donors (Lipinski definition) is 1. The third kappa shape index (κ3) is 1.02. The van der Waals surface area contributed by atoms with E-state index in [1.54, 1.807) is 0 Å². The van der Waals surface area contributed by atoms with Crippen LogP contribution in [0, 0.1) is 17.8 Å². The van der Waals surface area contributed by atoms with Crippen LogP contribution >= 0.6 is 0 Å². The molecule has 1 nitrogen and oxygen atoms in total. The highest BCUT2D eigenvalue weighted by Gasteiger charge is 2.45. The highest BCUT2D eigenvalue weighted by atomic mass is 16.3. The summed E-state index contributed by atoms with van der Waals surface area (Å²) in [6.45, 7) is 6.07. The molecule has 0 radical (unpaired) electrons.